The Bertz CT molecular complexity index is 767. The number of phenolic OH excluding ortho intramolecular Hbond substituents is 1. The maximum Gasteiger partial charge on any atom is 0.271 e. The van der Waals surface area contributed by atoms with Gasteiger partial charge in [-0.15, -0.1) is 0 Å². The van der Waals surface area contributed by atoms with Gasteiger partial charge < -0.3 is 5.11 Å². The quantitative estimate of drug-likeness (QED) is 0.326. The average molecular weight is 561 g/mol. The molecule has 0 aliphatic carbocycles. The van der Waals surface area contributed by atoms with E-state index in [1.807, 2.05) is 28.7 Å². The van der Waals surface area contributed by atoms with Gasteiger partial charge in [-0.3, -0.25) is 4.79 Å². The SMILES string of the molecule is O=C(N/N=C/c1cc(I)cc(I)c1O)c1ccc(Cl)c(Cl)c1. The molecule has 0 saturated heterocycles. The zero-order chi connectivity index (χ0) is 16.3. The van der Waals surface area contributed by atoms with Gasteiger partial charge in [0, 0.05) is 14.7 Å². The second-order valence-corrected chi connectivity index (χ2v) is 7.38. The first-order chi connectivity index (χ1) is 10.4. The number of carbonyl (C=O) groups excluding carboxylic acids is 1. The third-order valence-electron chi connectivity index (χ3n) is 2.61. The standard InChI is InChI=1S/C14H8Cl2I2N2O2/c15-10-2-1-7(4-11(10)16)14(22)20-19-6-8-3-9(17)5-12(18)13(8)21/h1-6,21H,(H,20,22)/b19-6+. The van der Waals surface area contributed by atoms with Crippen LogP contribution in [0.15, 0.2) is 35.4 Å². The molecule has 0 aliphatic rings. The summed E-state index contributed by atoms with van der Waals surface area (Å²) in [6.07, 6.45) is 1.38. The van der Waals surface area contributed by atoms with E-state index >= 15 is 0 Å². The first kappa shape index (κ1) is 17.8. The summed E-state index contributed by atoms with van der Waals surface area (Å²) in [4.78, 5) is 11.9. The predicted molar refractivity (Wildman–Crippen MR) is 105 cm³/mol. The molecule has 0 saturated carbocycles. The average Bonchev–Trinajstić information content (AvgIpc) is 2.46. The summed E-state index contributed by atoms with van der Waals surface area (Å²) in [5.41, 5.74) is 3.23. The molecule has 0 spiro atoms. The molecule has 1 amide bonds. The Labute approximate surface area is 164 Å². The number of halogens is 4. The summed E-state index contributed by atoms with van der Waals surface area (Å²) in [5, 5.41) is 14.4. The molecule has 2 aromatic carbocycles. The lowest BCUT2D eigenvalue weighted by atomic mass is 10.2. The van der Waals surface area contributed by atoms with Crippen LogP contribution in [-0.2, 0) is 0 Å². The van der Waals surface area contributed by atoms with E-state index in [0.29, 0.717) is 24.7 Å². The number of nitrogens with one attached hydrogen (secondary N) is 1. The number of benzene rings is 2. The van der Waals surface area contributed by atoms with Gasteiger partial charge in [0.05, 0.1) is 19.8 Å². The molecule has 0 aliphatic heterocycles. The minimum atomic E-state index is -0.422. The Morgan fingerprint density at radius 3 is 2.59 bits per heavy atom. The second kappa shape index (κ2) is 7.80. The number of hydrogen-bond acceptors (Lipinski definition) is 3. The van der Waals surface area contributed by atoms with Crippen molar-refractivity contribution in [2.75, 3.05) is 0 Å². The summed E-state index contributed by atoms with van der Waals surface area (Å²) in [7, 11) is 0. The topological polar surface area (TPSA) is 61.7 Å². The molecule has 0 aromatic heterocycles. The molecule has 0 unspecified atom stereocenters. The molecule has 0 radical (unpaired) electrons. The van der Waals surface area contributed by atoms with Crippen molar-refractivity contribution in [2.24, 2.45) is 5.10 Å². The van der Waals surface area contributed by atoms with Crippen molar-refractivity contribution in [3.05, 3.63) is 58.6 Å². The summed E-state index contributed by atoms with van der Waals surface area (Å²) >= 11 is 15.8. The van der Waals surface area contributed by atoms with Crippen LogP contribution in [0.5, 0.6) is 5.75 Å². The molecule has 114 valence electrons. The molecule has 22 heavy (non-hydrogen) atoms. The smallest absolute Gasteiger partial charge is 0.271 e. The molecule has 2 rings (SSSR count). The number of phenols is 1. The molecule has 2 aromatic rings. The highest BCUT2D eigenvalue weighted by molar-refractivity contribution is 14.1. The fourth-order valence-electron chi connectivity index (χ4n) is 1.55. The van der Waals surface area contributed by atoms with Crippen LogP contribution in [0, 0.1) is 7.14 Å². The van der Waals surface area contributed by atoms with Gasteiger partial charge in [-0.05, 0) is 75.5 Å². The summed E-state index contributed by atoms with van der Waals surface area (Å²) in [6, 6.07) is 8.14. The van der Waals surface area contributed by atoms with E-state index in [0.717, 1.165) is 3.57 Å². The van der Waals surface area contributed by atoms with Crippen molar-refractivity contribution in [1.82, 2.24) is 5.43 Å². The lowest BCUT2D eigenvalue weighted by Crippen LogP contribution is -2.17. The molecular formula is C14H8Cl2I2N2O2. The molecule has 0 fully saturated rings. The number of hydrogen-bond donors (Lipinski definition) is 2. The Hall–Kier alpha value is -0.580. The molecule has 0 atom stereocenters. The van der Waals surface area contributed by atoms with Gasteiger partial charge in [0.1, 0.15) is 5.75 Å². The normalized spacial score (nSPS) is 10.9. The predicted octanol–water partition coefficient (Wildman–Crippen LogP) is 4.67. The van der Waals surface area contributed by atoms with Crippen molar-refractivity contribution in [3.63, 3.8) is 0 Å². The first-order valence-corrected chi connectivity index (χ1v) is 8.76. The van der Waals surface area contributed by atoms with Crippen molar-refractivity contribution in [3.8, 4) is 5.75 Å². The van der Waals surface area contributed by atoms with Crippen molar-refractivity contribution < 1.29 is 9.90 Å². The molecule has 8 heteroatoms. The van der Waals surface area contributed by atoms with Gasteiger partial charge in [-0.25, -0.2) is 5.43 Å². The van der Waals surface area contributed by atoms with E-state index < -0.39 is 5.91 Å². The van der Waals surface area contributed by atoms with Gasteiger partial charge in [-0.1, -0.05) is 23.2 Å². The van der Waals surface area contributed by atoms with Gasteiger partial charge in [0.2, 0.25) is 0 Å². The summed E-state index contributed by atoms with van der Waals surface area (Å²) < 4.78 is 1.67. The number of rotatable bonds is 3. The van der Waals surface area contributed by atoms with Crippen LogP contribution in [0.3, 0.4) is 0 Å². The number of carbonyl (C=O) groups is 1. The zero-order valence-electron chi connectivity index (χ0n) is 10.8. The van der Waals surface area contributed by atoms with Crippen LogP contribution in [0.2, 0.25) is 10.0 Å². The number of amides is 1. The second-order valence-electron chi connectivity index (χ2n) is 4.15. The number of hydrazone groups is 1. The molecule has 0 heterocycles. The van der Waals surface area contributed by atoms with Crippen LogP contribution in [0.4, 0.5) is 0 Å². The van der Waals surface area contributed by atoms with E-state index in [1.165, 1.54) is 18.3 Å². The first-order valence-electron chi connectivity index (χ1n) is 5.85. The molecule has 2 N–H and O–H groups in total. The lowest BCUT2D eigenvalue weighted by Gasteiger charge is -2.04. The van der Waals surface area contributed by atoms with E-state index in [1.54, 1.807) is 12.1 Å². The van der Waals surface area contributed by atoms with Crippen molar-refractivity contribution in [1.29, 1.82) is 0 Å². The summed E-state index contributed by atoms with van der Waals surface area (Å²) in [6.45, 7) is 0. The lowest BCUT2D eigenvalue weighted by molar-refractivity contribution is 0.0955. The molecular weight excluding hydrogens is 553 g/mol. The fourth-order valence-corrected chi connectivity index (χ4v) is 3.73. The Kier molecular flexibility index (Phi) is 6.30. The van der Waals surface area contributed by atoms with Gasteiger partial charge in [-0.2, -0.15) is 5.10 Å². The van der Waals surface area contributed by atoms with Gasteiger partial charge >= 0.3 is 0 Å². The largest absolute Gasteiger partial charge is 0.506 e. The highest BCUT2D eigenvalue weighted by Gasteiger charge is 2.08. The van der Waals surface area contributed by atoms with Crippen LogP contribution >= 0.6 is 68.4 Å². The van der Waals surface area contributed by atoms with E-state index in [4.69, 9.17) is 23.2 Å². The molecule has 4 nitrogen and oxygen atoms in total. The minimum Gasteiger partial charge on any atom is -0.506 e. The number of aromatic hydroxyl groups is 1. The Morgan fingerprint density at radius 2 is 1.91 bits per heavy atom. The van der Waals surface area contributed by atoms with E-state index in [9.17, 15) is 9.90 Å². The third-order valence-corrected chi connectivity index (χ3v) is 4.79. The van der Waals surface area contributed by atoms with Crippen molar-refractivity contribution >= 4 is 80.5 Å². The van der Waals surface area contributed by atoms with Crippen LogP contribution in [0.25, 0.3) is 0 Å². The minimum absolute atomic E-state index is 0.119. The van der Waals surface area contributed by atoms with Crippen LogP contribution in [0.1, 0.15) is 15.9 Å². The Morgan fingerprint density at radius 1 is 1.18 bits per heavy atom. The van der Waals surface area contributed by atoms with Crippen LogP contribution in [-0.4, -0.2) is 17.2 Å². The van der Waals surface area contributed by atoms with Crippen molar-refractivity contribution in [2.45, 2.75) is 0 Å². The molecule has 0 bridgehead atoms. The Balaban J connectivity index is 2.12. The van der Waals surface area contributed by atoms with Crippen LogP contribution < -0.4 is 5.43 Å². The van der Waals surface area contributed by atoms with Gasteiger partial charge in [0.15, 0.2) is 0 Å². The maximum atomic E-state index is 11.9. The zero-order valence-corrected chi connectivity index (χ0v) is 16.6. The summed E-state index contributed by atoms with van der Waals surface area (Å²) in [5.74, 6) is -0.303. The highest BCUT2D eigenvalue weighted by atomic mass is 127. The maximum absolute atomic E-state index is 11.9. The van der Waals surface area contributed by atoms with Gasteiger partial charge in [0.25, 0.3) is 5.91 Å². The monoisotopic (exact) mass is 560 g/mol. The van der Waals surface area contributed by atoms with E-state index in [2.05, 4.69) is 33.1 Å². The fraction of sp³-hybridized carbons (Fsp3) is 0. The highest BCUT2D eigenvalue weighted by Crippen LogP contribution is 2.25. The van der Waals surface area contributed by atoms with E-state index in [-0.39, 0.29) is 5.75 Å². The third kappa shape index (κ3) is 4.46. The number of nitrogens with zero attached hydrogens (tertiary/aromatic N) is 1.